The molecular weight excluding hydrogens is 280 g/mol. The lowest BCUT2D eigenvalue weighted by Crippen LogP contribution is -2.41. The van der Waals surface area contributed by atoms with E-state index in [2.05, 4.69) is 15.5 Å². The largest absolute Gasteiger partial charge is 0.342 e. The van der Waals surface area contributed by atoms with Gasteiger partial charge < -0.3 is 14.7 Å². The lowest BCUT2D eigenvalue weighted by Gasteiger charge is -2.32. The summed E-state index contributed by atoms with van der Waals surface area (Å²) in [5.74, 6) is 2.61. The predicted octanol–water partition coefficient (Wildman–Crippen LogP) is 1.80. The third-order valence-corrected chi connectivity index (χ3v) is 5.11. The minimum Gasteiger partial charge on any atom is -0.342 e. The second-order valence-corrected chi connectivity index (χ2v) is 6.94. The Hall–Kier alpha value is -1.43. The van der Waals surface area contributed by atoms with E-state index in [1.54, 1.807) is 0 Å². The fraction of sp³-hybridized carbons (Fsp3) is 0.812. The maximum absolute atomic E-state index is 12.5. The molecule has 2 unspecified atom stereocenters. The van der Waals surface area contributed by atoms with Gasteiger partial charge in [-0.15, -0.1) is 0 Å². The average molecular weight is 304 g/mol. The molecule has 22 heavy (non-hydrogen) atoms. The van der Waals surface area contributed by atoms with Gasteiger partial charge in [0.05, 0.1) is 0 Å². The number of likely N-dealkylation sites (tertiary alicyclic amines) is 1. The summed E-state index contributed by atoms with van der Waals surface area (Å²) < 4.78 is 5.37. The average Bonchev–Trinajstić information content (AvgIpc) is 3.06. The van der Waals surface area contributed by atoms with Crippen molar-refractivity contribution in [2.24, 2.45) is 0 Å². The molecule has 0 aromatic carbocycles. The Bertz CT molecular complexity index is 534. The molecule has 0 bridgehead atoms. The number of piperidine rings is 1. The molecule has 2 atom stereocenters. The first kappa shape index (κ1) is 14.2. The maximum Gasteiger partial charge on any atom is 0.229 e. The highest BCUT2D eigenvalue weighted by atomic mass is 16.5. The minimum absolute atomic E-state index is 0.241. The zero-order valence-electron chi connectivity index (χ0n) is 13.0. The van der Waals surface area contributed by atoms with Crippen LogP contribution in [0.3, 0.4) is 0 Å². The Morgan fingerprint density at radius 3 is 2.91 bits per heavy atom. The van der Waals surface area contributed by atoms with Crippen molar-refractivity contribution in [1.82, 2.24) is 20.4 Å². The van der Waals surface area contributed by atoms with Crippen molar-refractivity contribution < 1.29 is 9.32 Å². The van der Waals surface area contributed by atoms with Crippen LogP contribution < -0.4 is 5.32 Å². The lowest BCUT2D eigenvalue weighted by atomic mass is 9.96. The zero-order valence-corrected chi connectivity index (χ0v) is 13.0. The van der Waals surface area contributed by atoms with E-state index in [0.717, 1.165) is 50.6 Å². The minimum atomic E-state index is 0.241. The Morgan fingerprint density at radius 1 is 1.23 bits per heavy atom. The number of carbonyl (C=O) groups excluding carboxylic acids is 1. The van der Waals surface area contributed by atoms with E-state index < -0.39 is 0 Å². The second-order valence-electron chi connectivity index (χ2n) is 6.94. The highest BCUT2D eigenvalue weighted by molar-refractivity contribution is 5.77. The van der Waals surface area contributed by atoms with Crippen molar-refractivity contribution in [2.45, 2.75) is 62.8 Å². The van der Waals surface area contributed by atoms with Crippen LogP contribution in [-0.2, 0) is 4.79 Å². The summed E-state index contributed by atoms with van der Waals surface area (Å²) in [6.45, 7) is 2.66. The molecule has 6 nitrogen and oxygen atoms in total. The smallest absolute Gasteiger partial charge is 0.229 e. The Morgan fingerprint density at radius 2 is 2.14 bits per heavy atom. The van der Waals surface area contributed by atoms with Crippen molar-refractivity contribution in [1.29, 1.82) is 0 Å². The van der Waals surface area contributed by atoms with E-state index in [4.69, 9.17) is 4.52 Å². The number of hydrogen-bond donors (Lipinski definition) is 1. The van der Waals surface area contributed by atoms with E-state index in [-0.39, 0.29) is 11.8 Å². The number of hydrogen-bond acceptors (Lipinski definition) is 5. The van der Waals surface area contributed by atoms with Crippen LogP contribution in [0.4, 0.5) is 0 Å². The summed E-state index contributed by atoms with van der Waals surface area (Å²) in [4.78, 5) is 19.0. The van der Waals surface area contributed by atoms with Crippen molar-refractivity contribution in [3.05, 3.63) is 11.7 Å². The van der Waals surface area contributed by atoms with E-state index in [1.807, 2.05) is 4.90 Å². The van der Waals surface area contributed by atoms with Gasteiger partial charge in [-0.3, -0.25) is 4.79 Å². The number of nitrogens with zero attached hydrogens (tertiary/aromatic N) is 3. The highest BCUT2D eigenvalue weighted by Crippen LogP contribution is 2.39. The number of aromatic nitrogens is 2. The molecule has 1 amide bonds. The van der Waals surface area contributed by atoms with Gasteiger partial charge in [-0.05, 0) is 45.1 Å². The van der Waals surface area contributed by atoms with Crippen molar-refractivity contribution >= 4 is 5.91 Å². The fourth-order valence-electron chi connectivity index (χ4n) is 3.59. The van der Waals surface area contributed by atoms with Crippen LogP contribution in [0.2, 0.25) is 0 Å². The molecule has 3 heterocycles. The SMILES string of the molecule is O=C(CC1CCCN1)N1CCCC(c2noc(C3CC3)n2)C1. The topological polar surface area (TPSA) is 71.3 Å². The summed E-state index contributed by atoms with van der Waals surface area (Å²) in [6, 6.07) is 0.375. The molecule has 2 aliphatic heterocycles. The van der Waals surface area contributed by atoms with E-state index >= 15 is 0 Å². The molecule has 120 valence electrons. The van der Waals surface area contributed by atoms with Gasteiger partial charge in [-0.25, -0.2) is 0 Å². The first-order chi connectivity index (χ1) is 10.8. The van der Waals surface area contributed by atoms with Gasteiger partial charge in [0, 0.05) is 37.4 Å². The van der Waals surface area contributed by atoms with Crippen LogP contribution in [0.5, 0.6) is 0 Å². The first-order valence-electron chi connectivity index (χ1n) is 8.64. The number of amides is 1. The lowest BCUT2D eigenvalue weighted by molar-refractivity contribution is -0.132. The van der Waals surface area contributed by atoms with Gasteiger partial charge in [0.1, 0.15) is 0 Å². The van der Waals surface area contributed by atoms with Gasteiger partial charge in [0.25, 0.3) is 0 Å². The molecule has 1 aromatic rings. The number of rotatable bonds is 4. The molecule has 2 saturated heterocycles. The van der Waals surface area contributed by atoms with Crippen LogP contribution >= 0.6 is 0 Å². The van der Waals surface area contributed by atoms with Gasteiger partial charge in [-0.1, -0.05) is 5.16 Å². The summed E-state index contributed by atoms with van der Waals surface area (Å²) in [6.07, 6.45) is 7.37. The van der Waals surface area contributed by atoms with E-state index in [1.165, 1.54) is 19.3 Å². The van der Waals surface area contributed by atoms with Crippen LogP contribution in [0, 0.1) is 0 Å². The molecule has 3 aliphatic rings. The van der Waals surface area contributed by atoms with Gasteiger partial charge in [-0.2, -0.15) is 4.98 Å². The van der Waals surface area contributed by atoms with Crippen molar-refractivity contribution in [2.75, 3.05) is 19.6 Å². The second kappa shape index (κ2) is 5.99. The van der Waals surface area contributed by atoms with Crippen molar-refractivity contribution in [3.63, 3.8) is 0 Å². The molecule has 1 saturated carbocycles. The summed E-state index contributed by atoms with van der Waals surface area (Å²) in [5, 5.41) is 7.57. The molecule has 0 radical (unpaired) electrons. The third kappa shape index (κ3) is 3.02. The molecule has 0 spiro atoms. The Kier molecular flexibility index (Phi) is 3.86. The molecule has 1 aliphatic carbocycles. The summed E-state index contributed by atoms with van der Waals surface area (Å²) in [7, 11) is 0. The maximum atomic E-state index is 12.5. The molecule has 6 heteroatoms. The van der Waals surface area contributed by atoms with Gasteiger partial charge >= 0.3 is 0 Å². The van der Waals surface area contributed by atoms with Crippen LogP contribution in [0.25, 0.3) is 0 Å². The number of carbonyl (C=O) groups is 1. The Balaban J connectivity index is 1.36. The Labute approximate surface area is 130 Å². The van der Waals surface area contributed by atoms with Crippen molar-refractivity contribution in [3.8, 4) is 0 Å². The van der Waals surface area contributed by atoms with Gasteiger partial charge in [0.2, 0.25) is 11.8 Å². The summed E-state index contributed by atoms with van der Waals surface area (Å²) in [5.41, 5.74) is 0. The standard InChI is InChI=1S/C16H24N4O2/c21-14(9-13-4-1-7-17-13)20-8-2-3-12(10-20)15-18-16(22-19-15)11-5-6-11/h11-13,17H,1-10H2. The number of nitrogens with one attached hydrogen (secondary N) is 1. The van der Waals surface area contributed by atoms with E-state index in [9.17, 15) is 4.79 Å². The summed E-state index contributed by atoms with van der Waals surface area (Å²) >= 11 is 0. The molecular formula is C16H24N4O2. The highest BCUT2D eigenvalue weighted by Gasteiger charge is 2.33. The fourth-order valence-corrected chi connectivity index (χ4v) is 3.59. The third-order valence-electron chi connectivity index (χ3n) is 5.11. The quantitative estimate of drug-likeness (QED) is 0.918. The van der Waals surface area contributed by atoms with E-state index in [0.29, 0.717) is 18.4 Å². The molecule has 3 fully saturated rings. The van der Waals surface area contributed by atoms with Gasteiger partial charge in [0.15, 0.2) is 5.82 Å². The first-order valence-corrected chi connectivity index (χ1v) is 8.64. The van der Waals surface area contributed by atoms with Crippen LogP contribution in [0.1, 0.15) is 68.5 Å². The van der Waals surface area contributed by atoms with Crippen LogP contribution in [0.15, 0.2) is 4.52 Å². The normalized spacial score (nSPS) is 29.0. The van der Waals surface area contributed by atoms with Crippen LogP contribution in [-0.4, -0.2) is 46.6 Å². The monoisotopic (exact) mass is 304 g/mol. The molecule has 1 aromatic heterocycles. The predicted molar refractivity (Wildman–Crippen MR) is 80.5 cm³/mol. The molecule has 1 N–H and O–H groups in total. The molecule has 4 rings (SSSR count). The zero-order chi connectivity index (χ0) is 14.9.